The maximum atomic E-state index is 5.24. The normalized spacial score (nSPS) is 13.7. The molecule has 0 aliphatic carbocycles. The van der Waals surface area contributed by atoms with E-state index < -0.39 is 0 Å². The fourth-order valence-corrected chi connectivity index (χ4v) is 1.22. The summed E-state index contributed by atoms with van der Waals surface area (Å²) in [4.78, 5) is 0. The van der Waals surface area contributed by atoms with E-state index in [1.54, 1.807) is 0 Å². The molecule has 1 nitrogen and oxygen atoms in total. The molecule has 0 atom stereocenters. The first kappa shape index (κ1) is 6.71. The highest BCUT2D eigenvalue weighted by atomic mass is 16.6. The third-order valence-electron chi connectivity index (χ3n) is 1.89. The molecule has 11 heavy (non-hydrogen) atoms. The van der Waals surface area contributed by atoms with Crippen LogP contribution in [0.2, 0.25) is 0 Å². The van der Waals surface area contributed by atoms with E-state index in [1.165, 1.54) is 5.56 Å². The van der Waals surface area contributed by atoms with Gasteiger partial charge in [-0.2, -0.15) is 0 Å². The summed E-state index contributed by atoms with van der Waals surface area (Å²) in [6.45, 7) is 6.55. The Morgan fingerprint density at radius 3 is 2.64 bits per heavy atom. The molecule has 1 aliphatic rings. The smallest absolute Gasteiger partial charge is 0.178 e. The molecular formula is C10H11O. The van der Waals surface area contributed by atoms with Gasteiger partial charge in [-0.05, 0) is 11.5 Å². The third-order valence-corrected chi connectivity index (χ3v) is 1.89. The van der Waals surface area contributed by atoms with Crippen LogP contribution in [0.25, 0.3) is 0 Å². The van der Waals surface area contributed by atoms with Crippen LogP contribution < -0.4 is 4.74 Å². The molecule has 0 bridgehead atoms. The minimum absolute atomic E-state index is 0.190. The molecule has 0 saturated heterocycles. The number of fused-ring (bicyclic) bond motifs is 1. The fourth-order valence-electron chi connectivity index (χ4n) is 1.22. The molecule has 2 rings (SSSR count). The first-order chi connectivity index (χ1) is 5.09. The van der Waals surface area contributed by atoms with E-state index in [-0.39, 0.29) is 5.41 Å². The van der Waals surface area contributed by atoms with Gasteiger partial charge in [0.1, 0.15) is 0 Å². The highest BCUT2D eigenvalue weighted by Gasteiger charge is 2.30. The van der Waals surface area contributed by atoms with Gasteiger partial charge in [0.2, 0.25) is 0 Å². The number of rotatable bonds is 0. The largest absolute Gasteiger partial charge is 0.448 e. The standard InChI is InChI=1S/C10H11O/c1-10(2,3)7-5-4-6-8-9(7)11-8/h4-5H,1-3H3. The molecule has 0 spiro atoms. The molecule has 1 aliphatic heterocycles. The van der Waals surface area contributed by atoms with Crippen LogP contribution in [0, 0.1) is 6.07 Å². The Morgan fingerprint density at radius 1 is 1.36 bits per heavy atom. The van der Waals surface area contributed by atoms with E-state index in [2.05, 4.69) is 32.9 Å². The van der Waals surface area contributed by atoms with Crippen LogP contribution in [0.1, 0.15) is 26.3 Å². The maximum absolute atomic E-state index is 5.24. The number of benzene rings is 1. The summed E-state index contributed by atoms with van der Waals surface area (Å²) in [5.41, 5.74) is 1.47. The van der Waals surface area contributed by atoms with Crippen LogP contribution in [0.4, 0.5) is 0 Å². The molecule has 1 radical (unpaired) electrons. The number of hydrogen-bond donors (Lipinski definition) is 0. The second-order valence-electron chi connectivity index (χ2n) is 3.90. The predicted octanol–water partition coefficient (Wildman–Crippen LogP) is 2.89. The van der Waals surface area contributed by atoms with Crippen molar-refractivity contribution in [3.63, 3.8) is 0 Å². The molecule has 1 heterocycles. The Bertz CT molecular complexity index is 294. The summed E-state index contributed by atoms with van der Waals surface area (Å²) >= 11 is 0. The molecule has 0 aromatic heterocycles. The summed E-state index contributed by atoms with van der Waals surface area (Å²) in [5, 5.41) is 0. The number of ether oxygens (including phenoxy) is 1. The van der Waals surface area contributed by atoms with Gasteiger partial charge in [-0.25, -0.2) is 0 Å². The van der Waals surface area contributed by atoms with Gasteiger partial charge in [-0.3, -0.25) is 0 Å². The zero-order valence-electron chi connectivity index (χ0n) is 7.06. The van der Waals surface area contributed by atoms with Crippen molar-refractivity contribution >= 4 is 0 Å². The Hall–Kier alpha value is -0.980. The van der Waals surface area contributed by atoms with E-state index in [0.717, 1.165) is 11.5 Å². The summed E-state index contributed by atoms with van der Waals surface area (Å²) in [6, 6.07) is 7.01. The van der Waals surface area contributed by atoms with Gasteiger partial charge in [0, 0.05) is 11.6 Å². The fraction of sp³-hybridized carbons (Fsp3) is 0.400. The summed E-state index contributed by atoms with van der Waals surface area (Å²) in [6.07, 6.45) is 0. The van der Waals surface area contributed by atoms with E-state index >= 15 is 0 Å². The van der Waals surface area contributed by atoms with Gasteiger partial charge in [-0.15, -0.1) is 0 Å². The molecule has 0 unspecified atom stereocenters. The maximum Gasteiger partial charge on any atom is 0.178 e. The van der Waals surface area contributed by atoms with Crippen LogP contribution in [0.15, 0.2) is 12.1 Å². The van der Waals surface area contributed by atoms with Crippen molar-refractivity contribution in [3.05, 3.63) is 23.8 Å². The second-order valence-corrected chi connectivity index (χ2v) is 3.90. The quantitative estimate of drug-likeness (QED) is 0.522. The zero-order valence-corrected chi connectivity index (χ0v) is 7.06. The SMILES string of the molecule is CC(C)(C)c1cc[c]c2c1O2. The summed E-state index contributed by atoms with van der Waals surface area (Å²) in [5.74, 6) is 1.97. The van der Waals surface area contributed by atoms with Crippen LogP contribution >= 0.6 is 0 Å². The van der Waals surface area contributed by atoms with Gasteiger partial charge in [0.15, 0.2) is 11.5 Å². The average molecular weight is 147 g/mol. The first-order valence-corrected chi connectivity index (χ1v) is 3.82. The van der Waals surface area contributed by atoms with Gasteiger partial charge in [-0.1, -0.05) is 26.8 Å². The lowest BCUT2D eigenvalue weighted by Crippen LogP contribution is -2.09. The van der Waals surface area contributed by atoms with Crippen molar-refractivity contribution in [1.29, 1.82) is 0 Å². The summed E-state index contributed by atoms with van der Waals surface area (Å²) < 4.78 is 5.24. The molecule has 1 aromatic rings. The zero-order chi connectivity index (χ0) is 8.06. The Labute approximate surface area is 67.0 Å². The predicted molar refractivity (Wildman–Crippen MR) is 44.1 cm³/mol. The lowest BCUT2D eigenvalue weighted by molar-refractivity contribution is 0.565. The monoisotopic (exact) mass is 147 g/mol. The van der Waals surface area contributed by atoms with Gasteiger partial charge in [0.25, 0.3) is 0 Å². The Morgan fingerprint density at radius 2 is 2.09 bits per heavy atom. The second kappa shape index (κ2) is 1.79. The highest BCUT2D eigenvalue weighted by Crippen LogP contribution is 2.50. The molecule has 0 saturated carbocycles. The first-order valence-electron chi connectivity index (χ1n) is 3.82. The number of hydrogen-bond acceptors (Lipinski definition) is 1. The van der Waals surface area contributed by atoms with E-state index in [1.807, 2.05) is 6.07 Å². The van der Waals surface area contributed by atoms with Crippen molar-refractivity contribution in [2.75, 3.05) is 0 Å². The van der Waals surface area contributed by atoms with Crippen molar-refractivity contribution in [1.82, 2.24) is 0 Å². The van der Waals surface area contributed by atoms with Gasteiger partial charge >= 0.3 is 0 Å². The van der Waals surface area contributed by atoms with Gasteiger partial charge < -0.3 is 4.74 Å². The van der Waals surface area contributed by atoms with Crippen LogP contribution in [0.5, 0.6) is 11.5 Å². The molecule has 1 aromatic carbocycles. The molecule has 1 heteroatoms. The van der Waals surface area contributed by atoms with Crippen molar-refractivity contribution in [2.45, 2.75) is 26.2 Å². The average Bonchev–Trinajstić information content (AvgIpc) is 2.60. The molecular weight excluding hydrogens is 136 g/mol. The summed E-state index contributed by atoms with van der Waals surface area (Å²) in [7, 11) is 0. The van der Waals surface area contributed by atoms with Crippen molar-refractivity contribution in [3.8, 4) is 11.5 Å². The minimum atomic E-state index is 0.190. The van der Waals surface area contributed by atoms with E-state index in [0.29, 0.717) is 0 Å². The minimum Gasteiger partial charge on any atom is -0.448 e. The van der Waals surface area contributed by atoms with Crippen LogP contribution in [-0.2, 0) is 5.41 Å². The molecule has 57 valence electrons. The van der Waals surface area contributed by atoms with Crippen molar-refractivity contribution < 1.29 is 4.74 Å². The van der Waals surface area contributed by atoms with E-state index in [9.17, 15) is 0 Å². The van der Waals surface area contributed by atoms with Gasteiger partial charge in [0.05, 0.1) is 0 Å². The van der Waals surface area contributed by atoms with E-state index in [4.69, 9.17) is 4.74 Å². The Balaban J connectivity index is 2.50. The van der Waals surface area contributed by atoms with Crippen LogP contribution in [-0.4, -0.2) is 0 Å². The third kappa shape index (κ3) is 1.01. The molecule has 0 fully saturated rings. The Kier molecular flexibility index (Phi) is 1.09. The lowest BCUT2D eigenvalue weighted by atomic mass is 9.87. The van der Waals surface area contributed by atoms with Crippen LogP contribution in [0.3, 0.4) is 0 Å². The molecule has 0 N–H and O–H groups in total. The molecule has 0 amide bonds. The lowest BCUT2D eigenvalue weighted by Gasteiger charge is -2.16. The topological polar surface area (TPSA) is 12.5 Å². The van der Waals surface area contributed by atoms with Crippen molar-refractivity contribution in [2.24, 2.45) is 0 Å². The highest BCUT2D eigenvalue weighted by molar-refractivity contribution is 5.60.